The Morgan fingerprint density at radius 3 is 2.96 bits per heavy atom. The van der Waals surface area contributed by atoms with E-state index in [1.807, 2.05) is 24.3 Å². The summed E-state index contributed by atoms with van der Waals surface area (Å²) in [5, 5.41) is 4.83. The highest BCUT2D eigenvalue weighted by Crippen LogP contribution is 2.18. The molecule has 0 radical (unpaired) electrons. The van der Waals surface area contributed by atoms with Crippen LogP contribution in [-0.2, 0) is 17.7 Å². The molecular formula is C18H24ClN3O2. The summed E-state index contributed by atoms with van der Waals surface area (Å²) in [4.78, 5) is 6.86. The minimum atomic E-state index is 0.335. The van der Waals surface area contributed by atoms with Crippen LogP contribution < -0.4 is 0 Å². The molecule has 0 amide bonds. The van der Waals surface area contributed by atoms with Crippen molar-refractivity contribution in [3.05, 3.63) is 46.6 Å². The Morgan fingerprint density at radius 1 is 1.33 bits per heavy atom. The molecule has 1 aromatic carbocycles. The fourth-order valence-corrected chi connectivity index (χ4v) is 3.26. The van der Waals surface area contributed by atoms with E-state index < -0.39 is 0 Å². The third kappa shape index (κ3) is 4.79. The third-order valence-electron chi connectivity index (χ3n) is 4.20. The van der Waals surface area contributed by atoms with Crippen molar-refractivity contribution in [1.29, 1.82) is 0 Å². The number of benzene rings is 1. The Balaban J connectivity index is 1.60. The van der Waals surface area contributed by atoms with E-state index in [1.54, 1.807) is 0 Å². The van der Waals surface area contributed by atoms with E-state index in [2.05, 4.69) is 22.0 Å². The van der Waals surface area contributed by atoms with Crippen molar-refractivity contribution in [2.24, 2.45) is 0 Å². The SMILES string of the molecule is CCCN(Cc1nc(Cc2ccccc2Cl)no1)CC1CCCO1. The summed E-state index contributed by atoms with van der Waals surface area (Å²) in [6.45, 7) is 5.66. The lowest BCUT2D eigenvalue weighted by Crippen LogP contribution is -2.32. The van der Waals surface area contributed by atoms with Crippen LogP contribution in [0.4, 0.5) is 0 Å². The molecule has 24 heavy (non-hydrogen) atoms. The molecule has 0 saturated carbocycles. The molecular weight excluding hydrogens is 326 g/mol. The highest BCUT2D eigenvalue weighted by molar-refractivity contribution is 6.31. The van der Waals surface area contributed by atoms with Crippen LogP contribution in [0, 0.1) is 0 Å². The summed E-state index contributed by atoms with van der Waals surface area (Å²) in [7, 11) is 0. The van der Waals surface area contributed by atoms with Gasteiger partial charge in [-0.15, -0.1) is 0 Å². The second-order valence-electron chi connectivity index (χ2n) is 6.24. The van der Waals surface area contributed by atoms with E-state index in [-0.39, 0.29) is 0 Å². The Kier molecular flexibility index (Phi) is 6.24. The van der Waals surface area contributed by atoms with Crippen molar-refractivity contribution >= 4 is 11.6 Å². The van der Waals surface area contributed by atoms with Crippen molar-refractivity contribution in [2.45, 2.75) is 45.3 Å². The molecule has 2 aromatic rings. The number of aromatic nitrogens is 2. The first-order chi connectivity index (χ1) is 11.7. The molecule has 1 aliphatic rings. The number of hydrogen-bond acceptors (Lipinski definition) is 5. The molecule has 1 fully saturated rings. The van der Waals surface area contributed by atoms with Crippen LogP contribution in [0.3, 0.4) is 0 Å². The molecule has 1 unspecified atom stereocenters. The zero-order chi connectivity index (χ0) is 16.8. The van der Waals surface area contributed by atoms with Crippen molar-refractivity contribution in [2.75, 3.05) is 19.7 Å². The zero-order valence-electron chi connectivity index (χ0n) is 14.1. The van der Waals surface area contributed by atoms with E-state index in [1.165, 1.54) is 0 Å². The van der Waals surface area contributed by atoms with Gasteiger partial charge in [0.05, 0.1) is 12.6 Å². The van der Waals surface area contributed by atoms with Crippen LogP contribution in [0.5, 0.6) is 0 Å². The average Bonchev–Trinajstić information content (AvgIpc) is 3.22. The third-order valence-corrected chi connectivity index (χ3v) is 4.57. The van der Waals surface area contributed by atoms with Crippen molar-refractivity contribution in [3.8, 4) is 0 Å². The molecule has 6 heteroatoms. The molecule has 0 aliphatic carbocycles. The van der Waals surface area contributed by atoms with E-state index in [9.17, 15) is 0 Å². The maximum Gasteiger partial charge on any atom is 0.240 e. The average molecular weight is 350 g/mol. The lowest BCUT2D eigenvalue weighted by atomic mass is 10.1. The maximum atomic E-state index is 6.19. The lowest BCUT2D eigenvalue weighted by molar-refractivity contribution is 0.0669. The van der Waals surface area contributed by atoms with E-state index in [4.69, 9.17) is 20.9 Å². The maximum absolute atomic E-state index is 6.19. The molecule has 3 rings (SSSR count). The topological polar surface area (TPSA) is 51.4 Å². The minimum absolute atomic E-state index is 0.335. The number of nitrogens with zero attached hydrogens (tertiary/aromatic N) is 3. The van der Waals surface area contributed by atoms with Gasteiger partial charge in [-0.25, -0.2) is 0 Å². The zero-order valence-corrected chi connectivity index (χ0v) is 14.8. The number of hydrogen-bond donors (Lipinski definition) is 0. The molecule has 0 spiro atoms. The van der Waals surface area contributed by atoms with Crippen molar-refractivity contribution in [3.63, 3.8) is 0 Å². The first-order valence-corrected chi connectivity index (χ1v) is 9.01. The van der Waals surface area contributed by atoms with Gasteiger partial charge >= 0.3 is 0 Å². The van der Waals surface area contributed by atoms with Crippen LogP contribution in [0.2, 0.25) is 5.02 Å². The van der Waals surface area contributed by atoms with Gasteiger partial charge in [-0.2, -0.15) is 4.98 Å². The normalized spacial score (nSPS) is 17.7. The summed E-state index contributed by atoms with van der Waals surface area (Å²) in [6.07, 6.45) is 4.31. The van der Waals surface area contributed by atoms with Gasteiger partial charge in [0, 0.05) is 24.6 Å². The van der Waals surface area contributed by atoms with Gasteiger partial charge in [-0.1, -0.05) is 41.9 Å². The second-order valence-corrected chi connectivity index (χ2v) is 6.65. The predicted molar refractivity (Wildman–Crippen MR) is 93.1 cm³/mol. The number of halogens is 1. The molecule has 5 nitrogen and oxygen atoms in total. The fraction of sp³-hybridized carbons (Fsp3) is 0.556. The van der Waals surface area contributed by atoms with Gasteiger partial charge in [0.1, 0.15) is 0 Å². The highest BCUT2D eigenvalue weighted by atomic mass is 35.5. The van der Waals surface area contributed by atoms with Crippen LogP contribution >= 0.6 is 11.6 Å². The second kappa shape index (κ2) is 8.60. The number of ether oxygens (including phenoxy) is 1. The molecule has 0 bridgehead atoms. The highest BCUT2D eigenvalue weighted by Gasteiger charge is 2.20. The van der Waals surface area contributed by atoms with Gasteiger partial charge in [0.15, 0.2) is 5.82 Å². The molecule has 0 N–H and O–H groups in total. The first-order valence-electron chi connectivity index (χ1n) is 8.63. The Bertz CT molecular complexity index is 641. The molecule has 2 heterocycles. The monoisotopic (exact) mass is 349 g/mol. The minimum Gasteiger partial charge on any atom is -0.377 e. The van der Waals surface area contributed by atoms with Gasteiger partial charge in [0.25, 0.3) is 0 Å². The molecule has 1 saturated heterocycles. The lowest BCUT2D eigenvalue weighted by Gasteiger charge is -2.22. The van der Waals surface area contributed by atoms with Gasteiger partial charge in [-0.05, 0) is 37.4 Å². The summed E-state index contributed by atoms with van der Waals surface area (Å²) in [5.41, 5.74) is 1.01. The van der Waals surface area contributed by atoms with E-state index in [0.29, 0.717) is 30.8 Å². The van der Waals surface area contributed by atoms with Crippen molar-refractivity contribution in [1.82, 2.24) is 15.0 Å². The smallest absolute Gasteiger partial charge is 0.240 e. The summed E-state index contributed by atoms with van der Waals surface area (Å²) < 4.78 is 11.2. The van der Waals surface area contributed by atoms with Gasteiger partial charge in [0.2, 0.25) is 5.89 Å². The molecule has 1 atom stereocenters. The summed E-state index contributed by atoms with van der Waals surface area (Å²) in [5.74, 6) is 1.33. The Hall–Kier alpha value is -1.43. The van der Waals surface area contributed by atoms with E-state index >= 15 is 0 Å². The van der Waals surface area contributed by atoms with Gasteiger partial charge in [-0.3, -0.25) is 4.90 Å². The Morgan fingerprint density at radius 2 is 2.21 bits per heavy atom. The molecule has 130 valence electrons. The van der Waals surface area contributed by atoms with Crippen LogP contribution in [-0.4, -0.2) is 40.8 Å². The van der Waals surface area contributed by atoms with E-state index in [0.717, 1.165) is 49.5 Å². The molecule has 1 aliphatic heterocycles. The Labute approximate surface area is 147 Å². The van der Waals surface area contributed by atoms with Crippen LogP contribution in [0.15, 0.2) is 28.8 Å². The summed E-state index contributed by atoms with van der Waals surface area (Å²) in [6, 6.07) is 7.75. The van der Waals surface area contributed by atoms with Crippen LogP contribution in [0.1, 0.15) is 43.5 Å². The van der Waals surface area contributed by atoms with Crippen LogP contribution in [0.25, 0.3) is 0 Å². The van der Waals surface area contributed by atoms with Crippen molar-refractivity contribution < 1.29 is 9.26 Å². The first kappa shape index (κ1) is 17.4. The summed E-state index contributed by atoms with van der Waals surface area (Å²) >= 11 is 6.19. The van der Waals surface area contributed by atoms with Gasteiger partial charge < -0.3 is 9.26 Å². The number of rotatable bonds is 8. The quantitative estimate of drug-likeness (QED) is 0.727. The molecule has 1 aromatic heterocycles. The fourth-order valence-electron chi connectivity index (χ4n) is 3.06. The largest absolute Gasteiger partial charge is 0.377 e. The standard InChI is InChI=1S/C18H24ClN3O2/c1-2-9-22(12-15-7-5-10-23-15)13-18-20-17(21-24-18)11-14-6-3-4-8-16(14)19/h3-4,6,8,15H,2,5,7,9-13H2,1H3. The predicted octanol–water partition coefficient (Wildman–Crippen LogP) is 3.70.